The predicted octanol–water partition coefficient (Wildman–Crippen LogP) is 4.98. The van der Waals surface area contributed by atoms with Gasteiger partial charge < -0.3 is 10.3 Å². The summed E-state index contributed by atoms with van der Waals surface area (Å²) in [6.07, 6.45) is -1.27. The summed E-state index contributed by atoms with van der Waals surface area (Å²) in [6.45, 7) is 4.26. The van der Waals surface area contributed by atoms with Gasteiger partial charge in [0.15, 0.2) is 0 Å². The van der Waals surface area contributed by atoms with Crippen LogP contribution in [0, 0.1) is 6.92 Å². The third-order valence-electron chi connectivity index (χ3n) is 4.91. The number of carbonyl (C=O) groups excluding carboxylic acids is 1. The number of nitrogens with zero attached hydrogens (tertiary/aromatic N) is 2. The second-order valence-electron chi connectivity index (χ2n) is 6.88. The molecule has 0 aliphatic rings. The van der Waals surface area contributed by atoms with Crippen LogP contribution in [0.3, 0.4) is 0 Å². The Balaban J connectivity index is 2.19. The molecule has 0 fully saturated rings. The molecule has 0 aliphatic heterocycles. The fraction of sp³-hybridized carbons (Fsp3) is 0.273. The SMILES string of the molecule is CCCc1c(-c2ccc(C(F)(F)F)cc2)c(C(N)=O)c(C)n1Cc1ccccn1. The van der Waals surface area contributed by atoms with Crippen molar-refractivity contribution in [3.63, 3.8) is 0 Å². The van der Waals surface area contributed by atoms with Crippen LogP contribution in [0.15, 0.2) is 48.7 Å². The molecule has 0 unspecified atom stereocenters. The number of hydrogen-bond acceptors (Lipinski definition) is 2. The smallest absolute Gasteiger partial charge is 0.366 e. The Labute approximate surface area is 167 Å². The summed E-state index contributed by atoms with van der Waals surface area (Å²) in [7, 11) is 0. The van der Waals surface area contributed by atoms with E-state index in [0.717, 1.165) is 29.9 Å². The van der Waals surface area contributed by atoms with Gasteiger partial charge in [-0.1, -0.05) is 31.5 Å². The van der Waals surface area contributed by atoms with E-state index in [1.54, 1.807) is 13.1 Å². The van der Waals surface area contributed by atoms with Crippen LogP contribution in [0.5, 0.6) is 0 Å². The first-order chi connectivity index (χ1) is 13.7. The van der Waals surface area contributed by atoms with E-state index in [-0.39, 0.29) is 0 Å². The van der Waals surface area contributed by atoms with Crippen molar-refractivity contribution in [2.45, 2.75) is 39.4 Å². The predicted molar refractivity (Wildman–Crippen MR) is 105 cm³/mol. The average molecular weight is 401 g/mol. The molecule has 1 amide bonds. The van der Waals surface area contributed by atoms with E-state index in [9.17, 15) is 18.0 Å². The zero-order valence-corrected chi connectivity index (χ0v) is 16.3. The lowest BCUT2D eigenvalue weighted by atomic mass is 9.97. The number of hydrogen-bond donors (Lipinski definition) is 1. The fourth-order valence-corrected chi connectivity index (χ4v) is 3.60. The van der Waals surface area contributed by atoms with Gasteiger partial charge in [0.25, 0.3) is 5.91 Å². The number of alkyl halides is 3. The highest BCUT2D eigenvalue weighted by Gasteiger charge is 2.31. The first kappa shape index (κ1) is 20.6. The third kappa shape index (κ3) is 4.18. The van der Waals surface area contributed by atoms with Crippen LogP contribution in [0.25, 0.3) is 11.1 Å². The van der Waals surface area contributed by atoms with Gasteiger partial charge in [0.2, 0.25) is 0 Å². The summed E-state index contributed by atoms with van der Waals surface area (Å²) in [4.78, 5) is 16.6. The van der Waals surface area contributed by atoms with E-state index < -0.39 is 17.6 Å². The lowest BCUT2D eigenvalue weighted by Gasteiger charge is -2.13. The van der Waals surface area contributed by atoms with Crippen LogP contribution in [0.4, 0.5) is 13.2 Å². The Kier molecular flexibility index (Phi) is 5.77. The summed E-state index contributed by atoms with van der Waals surface area (Å²) in [5, 5.41) is 0. The number of halogens is 3. The summed E-state index contributed by atoms with van der Waals surface area (Å²) < 4.78 is 40.8. The van der Waals surface area contributed by atoms with Gasteiger partial charge in [0.05, 0.1) is 23.4 Å². The number of benzene rings is 1. The second-order valence-corrected chi connectivity index (χ2v) is 6.88. The Morgan fingerprint density at radius 3 is 2.34 bits per heavy atom. The number of nitrogens with two attached hydrogens (primary N) is 1. The first-order valence-corrected chi connectivity index (χ1v) is 9.33. The van der Waals surface area contributed by atoms with Crippen LogP contribution in [-0.4, -0.2) is 15.5 Å². The molecule has 2 heterocycles. The Morgan fingerprint density at radius 1 is 1.14 bits per heavy atom. The van der Waals surface area contributed by atoms with Crippen molar-refractivity contribution < 1.29 is 18.0 Å². The first-order valence-electron chi connectivity index (χ1n) is 9.33. The minimum atomic E-state index is -4.42. The van der Waals surface area contributed by atoms with E-state index >= 15 is 0 Å². The highest BCUT2D eigenvalue weighted by atomic mass is 19.4. The van der Waals surface area contributed by atoms with Crippen molar-refractivity contribution in [3.8, 4) is 11.1 Å². The van der Waals surface area contributed by atoms with E-state index in [4.69, 9.17) is 5.73 Å². The van der Waals surface area contributed by atoms with Gasteiger partial charge in [0, 0.05) is 23.1 Å². The van der Waals surface area contributed by atoms with Crippen molar-refractivity contribution in [2.24, 2.45) is 5.73 Å². The number of amides is 1. The molecule has 0 aliphatic carbocycles. The molecule has 0 saturated carbocycles. The van der Waals surface area contributed by atoms with Gasteiger partial charge in [-0.25, -0.2) is 0 Å². The van der Waals surface area contributed by atoms with E-state index in [0.29, 0.717) is 35.3 Å². The molecular formula is C22H22F3N3O. The molecule has 3 rings (SSSR count). The Hall–Kier alpha value is -3.09. The molecular weight excluding hydrogens is 379 g/mol. The second kappa shape index (κ2) is 8.11. The van der Waals surface area contributed by atoms with Crippen molar-refractivity contribution in [3.05, 3.63) is 76.9 Å². The molecule has 0 atom stereocenters. The molecule has 3 aromatic rings. The van der Waals surface area contributed by atoms with Gasteiger partial charge in [-0.3, -0.25) is 9.78 Å². The van der Waals surface area contributed by atoms with Gasteiger partial charge in [-0.05, 0) is 43.2 Å². The van der Waals surface area contributed by atoms with E-state index in [1.807, 2.05) is 29.7 Å². The van der Waals surface area contributed by atoms with Gasteiger partial charge in [0.1, 0.15) is 0 Å². The molecule has 152 valence electrons. The number of pyridine rings is 1. The molecule has 0 radical (unpaired) electrons. The summed E-state index contributed by atoms with van der Waals surface area (Å²) >= 11 is 0. The van der Waals surface area contributed by atoms with Crippen LogP contribution in [0.1, 0.15) is 46.3 Å². The van der Waals surface area contributed by atoms with Crippen LogP contribution < -0.4 is 5.73 Å². The largest absolute Gasteiger partial charge is 0.416 e. The maximum atomic E-state index is 13.0. The zero-order chi connectivity index (χ0) is 21.2. The standard InChI is InChI=1S/C22H22F3N3O/c1-3-6-18-20(15-8-10-16(11-9-15)22(23,24)25)19(21(26)29)14(2)28(18)13-17-7-4-5-12-27-17/h4-5,7-12H,3,6,13H2,1-2H3,(H2,26,29). The number of rotatable bonds is 6. The van der Waals surface area contributed by atoms with Crippen molar-refractivity contribution in [2.75, 3.05) is 0 Å². The van der Waals surface area contributed by atoms with Gasteiger partial charge in [-0.15, -0.1) is 0 Å². The minimum Gasteiger partial charge on any atom is -0.366 e. The Bertz CT molecular complexity index is 1010. The van der Waals surface area contributed by atoms with Gasteiger partial charge in [-0.2, -0.15) is 13.2 Å². The van der Waals surface area contributed by atoms with E-state index in [2.05, 4.69) is 4.98 Å². The highest BCUT2D eigenvalue weighted by molar-refractivity contribution is 6.02. The van der Waals surface area contributed by atoms with Crippen molar-refractivity contribution in [1.29, 1.82) is 0 Å². The zero-order valence-electron chi connectivity index (χ0n) is 16.3. The normalized spacial score (nSPS) is 11.6. The summed E-state index contributed by atoms with van der Waals surface area (Å²) in [6, 6.07) is 10.4. The lowest BCUT2D eigenvalue weighted by molar-refractivity contribution is -0.137. The summed E-state index contributed by atoms with van der Waals surface area (Å²) in [5.74, 6) is -0.602. The van der Waals surface area contributed by atoms with Crippen molar-refractivity contribution in [1.82, 2.24) is 9.55 Å². The topological polar surface area (TPSA) is 60.9 Å². The molecule has 7 heteroatoms. The quantitative estimate of drug-likeness (QED) is 0.633. The molecule has 29 heavy (non-hydrogen) atoms. The Morgan fingerprint density at radius 2 is 1.83 bits per heavy atom. The highest BCUT2D eigenvalue weighted by Crippen LogP contribution is 2.36. The molecule has 0 saturated heterocycles. The minimum absolute atomic E-state index is 0.337. The van der Waals surface area contributed by atoms with Crippen LogP contribution >= 0.6 is 0 Å². The molecule has 2 N–H and O–H groups in total. The molecule has 2 aromatic heterocycles. The van der Waals surface area contributed by atoms with Crippen LogP contribution in [0.2, 0.25) is 0 Å². The number of primary amides is 1. The average Bonchev–Trinajstić information content (AvgIpc) is 2.94. The molecule has 0 bridgehead atoms. The monoisotopic (exact) mass is 401 g/mol. The fourth-order valence-electron chi connectivity index (χ4n) is 3.60. The maximum absolute atomic E-state index is 13.0. The van der Waals surface area contributed by atoms with E-state index in [1.165, 1.54) is 12.1 Å². The van der Waals surface area contributed by atoms with Crippen molar-refractivity contribution >= 4 is 5.91 Å². The molecule has 1 aromatic carbocycles. The lowest BCUT2D eigenvalue weighted by Crippen LogP contribution is -2.14. The summed E-state index contributed by atoms with van der Waals surface area (Å²) in [5.41, 5.74) is 8.78. The van der Waals surface area contributed by atoms with Gasteiger partial charge >= 0.3 is 6.18 Å². The molecule has 4 nitrogen and oxygen atoms in total. The van der Waals surface area contributed by atoms with Crippen LogP contribution in [-0.2, 0) is 19.1 Å². The maximum Gasteiger partial charge on any atom is 0.416 e. The third-order valence-corrected chi connectivity index (χ3v) is 4.91. The molecule has 0 spiro atoms. The number of carbonyl (C=O) groups is 1. The number of aromatic nitrogens is 2.